The third-order valence-corrected chi connectivity index (χ3v) is 5.06. The fourth-order valence-electron chi connectivity index (χ4n) is 3.31. The van der Waals surface area contributed by atoms with Crippen LogP contribution >= 0.6 is 0 Å². The van der Waals surface area contributed by atoms with Gasteiger partial charge in [0.15, 0.2) is 5.65 Å². The van der Waals surface area contributed by atoms with E-state index in [2.05, 4.69) is 78.0 Å². The van der Waals surface area contributed by atoms with E-state index in [1.807, 2.05) is 29.4 Å². The largest absolute Gasteiger partial charge is 0.370 e. The summed E-state index contributed by atoms with van der Waals surface area (Å²) < 4.78 is 4.01. The van der Waals surface area contributed by atoms with Crippen LogP contribution < -0.4 is 5.32 Å². The van der Waals surface area contributed by atoms with Crippen molar-refractivity contribution in [3.8, 4) is 11.1 Å². The number of nitrogens with one attached hydrogen (secondary N) is 1. The van der Waals surface area contributed by atoms with Crippen molar-refractivity contribution in [3.63, 3.8) is 0 Å². The molecular weight excluding hydrogens is 360 g/mol. The average Bonchev–Trinajstić information content (AvgIpc) is 3.35. The van der Waals surface area contributed by atoms with Crippen molar-refractivity contribution in [2.45, 2.75) is 46.1 Å². The maximum Gasteiger partial charge on any atom is 0.165 e. The van der Waals surface area contributed by atoms with E-state index in [4.69, 9.17) is 4.98 Å². The Kier molecular flexibility index (Phi) is 5.09. The molecule has 0 bridgehead atoms. The molecule has 0 spiro atoms. The molecule has 0 radical (unpaired) electrons. The van der Waals surface area contributed by atoms with Crippen molar-refractivity contribution >= 4 is 11.5 Å². The van der Waals surface area contributed by atoms with Gasteiger partial charge in [0.25, 0.3) is 0 Å². The Labute approximate surface area is 171 Å². The van der Waals surface area contributed by atoms with Crippen LogP contribution in [-0.4, -0.2) is 30.7 Å². The molecule has 4 rings (SSSR count). The van der Waals surface area contributed by atoms with Gasteiger partial charge >= 0.3 is 0 Å². The highest BCUT2D eigenvalue weighted by molar-refractivity contribution is 5.78. The van der Waals surface area contributed by atoms with Crippen LogP contribution in [0.3, 0.4) is 0 Å². The van der Waals surface area contributed by atoms with Crippen molar-refractivity contribution in [3.05, 3.63) is 66.5 Å². The lowest BCUT2D eigenvalue weighted by atomic mass is 9.92. The number of benzene rings is 1. The first-order chi connectivity index (χ1) is 13.9. The van der Waals surface area contributed by atoms with Crippen LogP contribution in [0, 0.1) is 6.92 Å². The lowest BCUT2D eigenvalue weighted by molar-refractivity contribution is 0.568. The molecule has 3 aromatic heterocycles. The van der Waals surface area contributed by atoms with Gasteiger partial charge in [-0.3, -0.25) is 0 Å². The highest BCUT2D eigenvalue weighted by atomic mass is 15.3. The maximum absolute atomic E-state index is 4.98. The van der Waals surface area contributed by atoms with Gasteiger partial charge in [-0.15, -0.1) is 0 Å². The van der Waals surface area contributed by atoms with Crippen LogP contribution in [0.15, 0.2) is 55.2 Å². The van der Waals surface area contributed by atoms with Crippen molar-refractivity contribution in [1.82, 2.24) is 24.1 Å². The van der Waals surface area contributed by atoms with Gasteiger partial charge in [0.1, 0.15) is 5.82 Å². The zero-order valence-corrected chi connectivity index (χ0v) is 17.6. The van der Waals surface area contributed by atoms with Gasteiger partial charge < -0.3 is 9.88 Å². The minimum Gasteiger partial charge on any atom is -0.370 e. The van der Waals surface area contributed by atoms with Gasteiger partial charge in [0.05, 0.1) is 18.2 Å². The first-order valence-corrected chi connectivity index (χ1v) is 10.1. The molecule has 4 aromatic rings. The van der Waals surface area contributed by atoms with E-state index >= 15 is 0 Å². The topological polar surface area (TPSA) is 60.0 Å². The third kappa shape index (κ3) is 4.16. The quantitative estimate of drug-likeness (QED) is 0.486. The molecular formula is C23H28N6. The molecule has 3 heterocycles. The molecule has 6 nitrogen and oxygen atoms in total. The molecule has 0 amide bonds. The second-order valence-corrected chi connectivity index (χ2v) is 8.52. The number of hydrogen-bond acceptors (Lipinski definition) is 4. The number of rotatable bonds is 6. The first-order valence-electron chi connectivity index (χ1n) is 10.1. The van der Waals surface area contributed by atoms with Gasteiger partial charge in [0, 0.05) is 42.5 Å². The highest BCUT2D eigenvalue weighted by Crippen LogP contribution is 2.29. The van der Waals surface area contributed by atoms with Gasteiger partial charge in [-0.25, -0.2) is 9.97 Å². The van der Waals surface area contributed by atoms with E-state index in [1.165, 1.54) is 5.56 Å². The standard InChI is InChI=1S/C23H28N6/c1-17-6-8-18(9-7-17)19-15-26-29-21(14-20(23(2,3)4)27-22(19)29)25-10-5-12-28-13-11-24-16-28/h6-9,11,13-16,25H,5,10,12H2,1-4H3. The van der Waals surface area contributed by atoms with E-state index in [9.17, 15) is 0 Å². The summed E-state index contributed by atoms with van der Waals surface area (Å²) in [7, 11) is 0. The molecule has 0 atom stereocenters. The second-order valence-electron chi connectivity index (χ2n) is 8.52. The molecule has 0 aliphatic rings. The Morgan fingerprint density at radius 1 is 1.10 bits per heavy atom. The molecule has 0 fully saturated rings. The van der Waals surface area contributed by atoms with Crippen LogP contribution in [0.4, 0.5) is 5.82 Å². The molecule has 29 heavy (non-hydrogen) atoms. The van der Waals surface area contributed by atoms with Crippen LogP contribution in [-0.2, 0) is 12.0 Å². The van der Waals surface area contributed by atoms with E-state index in [0.29, 0.717) is 0 Å². The summed E-state index contributed by atoms with van der Waals surface area (Å²) in [6.45, 7) is 10.5. The second kappa shape index (κ2) is 7.70. The Morgan fingerprint density at radius 3 is 2.59 bits per heavy atom. The van der Waals surface area contributed by atoms with Crippen LogP contribution in [0.5, 0.6) is 0 Å². The molecule has 0 aliphatic heterocycles. The van der Waals surface area contributed by atoms with Crippen molar-refractivity contribution in [2.75, 3.05) is 11.9 Å². The summed E-state index contributed by atoms with van der Waals surface area (Å²) in [5.74, 6) is 0.976. The van der Waals surface area contributed by atoms with Crippen molar-refractivity contribution in [1.29, 1.82) is 0 Å². The van der Waals surface area contributed by atoms with Crippen molar-refractivity contribution in [2.24, 2.45) is 0 Å². The fourth-order valence-corrected chi connectivity index (χ4v) is 3.31. The highest BCUT2D eigenvalue weighted by Gasteiger charge is 2.20. The lowest BCUT2D eigenvalue weighted by Crippen LogP contribution is -2.17. The van der Waals surface area contributed by atoms with Gasteiger partial charge in [-0.05, 0) is 18.9 Å². The van der Waals surface area contributed by atoms with E-state index in [-0.39, 0.29) is 5.41 Å². The molecule has 6 heteroatoms. The van der Waals surface area contributed by atoms with E-state index in [1.54, 1.807) is 0 Å². The summed E-state index contributed by atoms with van der Waals surface area (Å²) in [5.41, 5.74) is 5.32. The number of hydrogen-bond donors (Lipinski definition) is 1. The number of anilines is 1. The molecule has 0 saturated heterocycles. The minimum atomic E-state index is -0.0518. The number of aryl methyl sites for hydroxylation is 2. The van der Waals surface area contributed by atoms with Crippen LogP contribution in [0.1, 0.15) is 38.4 Å². The lowest BCUT2D eigenvalue weighted by Gasteiger charge is -2.20. The predicted octanol–water partition coefficient (Wildman–Crippen LogP) is 4.70. The zero-order chi connectivity index (χ0) is 20.4. The summed E-state index contributed by atoms with van der Waals surface area (Å²) in [6.07, 6.45) is 8.56. The average molecular weight is 389 g/mol. The van der Waals surface area contributed by atoms with E-state index in [0.717, 1.165) is 47.8 Å². The molecule has 1 N–H and O–H groups in total. The van der Waals surface area contributed by atoms with Gasteiger partial charge in [-0.2, -0.15) is 9.61 Å². The monoisotopic (exact) mass is 388 g/mol. The SMILES string of the molecule is Cc1ccc(-c2cnn3c(NCCCn4ccnc4)cc(C(C)(C)C)nc23)cc1. The fraction of sp³-hybridized carbons (Fsp3) is 0.348. The third-order valence-electron chi connectivity index (χ3n) is 5.06. The normalized spacial score (nSPS) is 11.9. The number of nitrogens with zero attached hydrogens (tertiary/aromatic N) is 5. The summed E-state index contributed by atoms with van der Waals surface area (Å²) in [6, 6.07) is 10.6. The Hall–Kier alpha value is -3.15. The Morgan fingerprint density at radius 2 is 1.90 bits per heavy atom. The Balaban J connectivity index is 1.66. The number of imidazole rings is 1. The van der Waals surface area contributed by atoms with E-state index < -0.39 is 0 Å². The first kappa shape index (κ1) is 19.2. The van der Waals surface area contributed by atoms with Crippen LogP contribution in [0.25, 0.3) is 16.8 Å². The van der Waals surface area contributed by atoms with Crippen LogP contribution in [0.2, 0.25) is 0 Å². The molecule has 0 aliphatic carbocycles. The number of fused-ring (bicyclic) bond motifs is 1. The molecule has 0 saturated carbocycles. The molecule has 1 aromatic carbocycles. The predicted molar refractivity (Wildman–Crippen MR) is 117 cm³/mol. The van der Waals surface area contributed by atoms with Gasteiger partial charge in [0.2, 0.25) is 0 Å². The van der Waals surface area contributed by atoms with Crippen molar-refractivity contribution < 1.29 is 0 Å². The summed E-state index contributed by atoms with van der Waals surface area (Å²) in [4.78, 5) is 9.08. The zero-order valence-electron chi connectivity index (χ0n) is 17.6. The van der Waals surface area contributed by atoms with Gasteiger partial charge in [-0.1, -0.05) is 50.6 Å². The Bertz CT molecular complexity index is 1090. The molecule has 150 valence electrons. The minimum absolute atomic E-state index is 0.0518. The number of aromatic nitrogens is 5. The maximum atomic E-state index is 4.98. The smallest absolute Gasteiger partial charge is 0.165 e. The summed E-state index contributed by atoms with van der Waals surface area (Å²) >= 11 is 0. The summed E-state index contributed by atoms with van der Waals surface area (Å²) in [5, 5.41) is 8.21. The molecule has 0 unspecified atom stereocenters.